The summed E-state index contributed by atoms with van der Waals surface area (Å²) in [7, 11) is 0. The Bertz CT molecular complexity index is 1020. The molecule has 0 amide bonds. The maximum absolute atomic E-state index is 12.6. The molecular formula is C25H29ClN2O2. The molecule has 4 nitrogen and oxygen atoms in total. The molecule has 2 aromatic carbocycles. The highest BCUT2D eigenvalue weighted by atomic mass is 35.5. The summed E-state index contributed by atoms with van der Waals surface area (Å²) in [5, 5.41) is 10.4. The monoisotopic (exact) mass is 424 g/mol. The van der Waals surface area contributed by atoms with Crippen LogP contribution in [-0.4, -0.2) is 27.0 Å². The number of benzene rings is 2. The van der Waals surface area contributed by atoms with E-state index in [4.69, 9.17) is 11.6 Å². The minimum atomic E-state index is -0.135. The Hall–Kier alpha value is -2.43. The molecular weight excluding hydrogens is 396 g/mol. The van der Waals surface area contributed by atoms with E-state index in [1.807, 2.05) is 48.1 Å². The van der Waals surface area contributed by atoms with Crippen LogP contribution in [-0.2, 0) is 11.8 Å². The highest BCUT2D eigenvalue weighted by Gasteiger charge is 2.18. The van der Waals surface area contributed by atoms with Crippen LogP contribution in [0, 0.1) is 12.8 Å². The third-order valence-corrected chi connectivity index (χ3v) is 5.74. The number of aryl methyl sites for hydroxylation is 1. The first-order valence-electron chi connectivity index (χ1n) is 10.2. The van der Waals surface area contributed by atoms with Crippen LogP contribution in [0.2, 0.25) is 5.02 Å². The fourth-order valence-electron chi connectivity index (χ4n) is 3.34. The van der Waals surface area contributed by atoms with E-state index in [2.05, 4.69) is 32.0 Å². The highest BCUT2D eigenvalue weighted by Crippen LogP contribution is 2.23. The van der Waals surface area contributed by atoms with E-state index in [1.165, 1.54) is 0 Å². The Morgan fingerprint density at radius 1 is 1.17 bits per heavy atom. The molecule has 3 aromatic rings. The number of carbonyl (C=O) groups is 1. The number of nitrogens with zero attached hydrogens (tertiary/aromatic N) is 2. The molecule has 1 aromatic heterocycles. The second kappa shape index (κ2) is 9.15. The standard InChI is InChI=1S/C25H29ClN2O2/c1-17-5-8-20(13-22(17)26)23(30)12-19(15-29)11-18-6-9-21(10-7-18)28-14-24(27-16-28)25(2,3)4/h5-10,13-14,16,19,29H,11-12,15H2,1-4H3/t19-/m1/s1. The van der Waals surface area contributed by atoms with Gasteiger partial charge in [-0.1, -0.05) is 56.6 Å². The average molecular weight is 425 g/mol. The maximum atomic E-state index is 12.6. The number of aliphatic hydroxyl groups is 1. The molecule has 0 saturated heterocycles. The van der Waals surface area contributed by atoms with Crippen LogP contribution in [0.15, 0.2) is 55.0 Å². The number of aliphatic hydroxyl groups excluding tert-OH is 1. The van der Waals surface area contributed by atoms with Crippen molar-refractivity contribution in [3.8, 4) is 5.69 Å². The van der Waals surface area contributed by atoms with Crippen LogP contribution in [0.5, 0.6) is 0 Å². The normalized spacial score (nSPS) is 12.7. The van der Waals surface area contributed by atoms with Crippen molar-refractivity contribution in [3.63, 3.8) is 0 Å². The molecule has 3 rings (SSSR count). The highest BCUT2D eigenvalue weighted by molar-refractivity contribution is 6.31. The van der Waals surface area contributed by atoms with E-state index >= 15 is 0 Å². The van der Waals surface area contributed by atoms with Crippen molar-refractivity contribution in [2.24, 2.45) is 5.92 Å². The Balaban J connectivity index is 1.66. The van der Waals surface area contributed by atoms with Gasteiger partial charge in [0, 0.05) is 40.9 Å². The lowest BCUT2D eigenvalue weighted by Gasteiger charge is -2.15. The molecule has 5 heteroatoms. The van der Waals surface area contributed by atoms with Gasteiger partial charge in [0.25, 0.3) is 0 Å². The van der Waals surface area contributed by atoms with Gasteiger partial charge in [-0.2, -0.15) is 0 Å². The van der Waals surface area contributed by atoms with Crippen LogP contribution in [0.3, 0.4) is 0 Å². The summed E-state index contributed by atoms with van der Waals surface area (Å²) in [5.41, 5.74) is 4.71. The Morgan fingerprint density at radius 3 is 2.43 bits per heavy atom. The second-order valence-electron chi connectivity index (χ2n) is 8.93. The third-order valence-electron chi connectivity index (χ3n) is 5.34. The molecule has 0 aliphatic rings. The molecule has 0 aliphatic carbocycles. The zero-order chi connectivity index (χ0) is 21.9. The Morgan fingerprint density at radius 2 is 1.87 bits per heavy atom. The van der Waals surface area contributed by atoms with Crippen LogP contribution in [0.25, 0.3) is 5.69 Å². The number of halogens is 1. The molecule has 0 radical (unpaired) electrons. The van der Waals surface area contributed by atoms with Gasteiger partial charge in [0.15, 0.2) is 5.78 Å². The van der Waals surface area contributed by atoms with Crippen LogP contribution in [0.1, 0.15) is 54.4 Å². The molecule has 1 heterocycles. The molecule has 0 saturated carbocycles. The summed E-state index contributed by atoms with van der Waals surface area (Å²) < 4.78 is 2.01. The second-order valence-corrected chi connectivity index (χ2v) is 9.33. The van der Waals surface area contributed by atoms with E-state index in [0.717, 1.165) is 22.5 Å². The van der Waals surface area contributed by atoms with Crippen molar-refractivity contribution in [1.82, 2.24) is 9.55 Å². The number of hydrogen-bond donors (Lipinski definition) is 1. The fourth-order valence-corrected chi connectivity index (χ4v) is 3.52. The predicted molar refractivity (Wildman–Crippen MR) is 122 cm³/mol. The number of Topliss-reactive ketones (excluding diaryl/α,β-unsaturated/α-hetero) is 1. The number of aromatic nitrogens is 2. The molecule has 0 aliphatic heterocycles. The fraction of sp³-hybridized carbons (Fsp3) is 0.360. The van der Waals surface area contributed by atoms with Crippen molar-refractivity contribution in [3.05, 3.63) is 82.4 Å². The smallest absolute Gasteiger partial charge is 0.163 e. The van der Waals surface area contributed by atoms with E-state index in [-0.39, 0.29) is 30.1 Å². The van der Waals surface area contributed by atoms with Gasteiger partial charge in [-0.3, -0.25) is 4.79 Å². The maximum Gasteiger partial charge on any atom is 0.163 e. The largest absolute Gasteiger partial charge is 0.396 e. The van der Waals surface area contributed by atoms with Crippen molar-refractivity contribution in [2.45, 2.75) is 46.0 Å². The lowest BCUT2D eigenvalue weighted by Crippen LogP contribution is -2.15. The number of hydrogen-bond acceptors (Lipinski definition) is 3. The van der Waals surface area contributed by atoms with E-state index < -0.39 is 0 Å². The van der Waals surface area contributed by atoms with Gasteiger partial charge in [-0.05, 0) is 48.6 Å². The van der Waals surface area contributed by atoms with Gasteiger partial charge in [0.2, 0.25) is 0 Å². The van der Waals surface area contributed by atoms with Gasteiger partial charge in [-0.25, -0.2) is 4.98 Å². The predicted octanol–water partition coefficient (Wildman–Crippen LogP) is 5.56. The summed E-state index contributed by atoms with van der Waals surface area (Å²) in [4.78, 5) is 17.1. The Labute approximate surface area is 183 Å². The first-order chi connectivity index (χ1) is 14.2. The average Bonchev–Trinajstić information content (AvgIpc) is 3.21. The van der Waals surface area contributed by atoms with Gasteiger partial charge < -0.3 is 9.67 Å². The zero-order valence-corrected chi connectivity index (χ0v) is 18.8. The van der Waals surface area contributed by atoms with Gasteiger partial charge in [-0.15, -0.1) is 0 Å². The van der Waals surface area contributed by atoms with Crippen LogP contribution in [0.4, 0.5) is 0 Å². The van der Waals surface area contributed by atoms with Crippen molar-refractivity contribution < 1.29 is 9.90 Å². The molecule has 0 unspecified atom stereocenters. The number of imidazole rings is 1. The van der Waals surface area contributed by atoms with Gasteiger partial charge >= 0.3 is 0 Å². The first kappa shape index (κ1) is 22.3. The summed E-state index contributed by atoms with van der Waals surface area (Å²) in [5.74, 6) is -0.134. The van der Waals surface area contributed by atoms with E-state index in [0.29, 0.717) is 17.0 Å². The molecule has 1 N–H and O–H groups in total. The topological polar surface area (TPSA) is 55.1 Å². The lowest BCUT2D eigenvalue weighted by molar-refractivity contribution is 0.0936. The molecule has 0 bridgehead atoms. The number of carbonyl (C=O) groups excluding carboxylic acids is 1. The van der Waals surface area contributed by atoms with E-state index in [9.17, 15) is 9.90 Å². The summed E-state index contributed by atoms with van der Waals surface area (Å²) in [6.45, 7) is 8.30. The minimum absolute atomic E-state index is 0.000644. The van der Waals surface area contributed by atoms with Crippen LogP contribution < -0.4 is 0 Å². The molecule has 0 spiro atoms. The van der Waals surface area contributed by atoms with Gasteiger partial charge in [0.05, 0.1) is 12.0 Å². The van der Waals surface area contributed by atoms with Crippen molar-refractivity contribution >= 4 is 17.4 Å². The summed E-state index contributed by atoms with van der Waals surface area (Å²) >= 11 is 6.14. The lowest BCUT2D eigenvalue weighted by atomic mass is 9.92. The first-order valence-corrected chi connectivity index (χ1v) is 10.6. The third kappa shape index (κ3) is 5.38. The SMILES string of the molecule is Cc1ccc(C(=O)C[C@H](CO)Cc2ccc(-n3cnc(C(C)(C)C)c3)cc2)cc1Cl. The quantitative estimate of drug-likeness (QED) is 0.505. The van der Waals surface area contributed by atoms with Crippen molar-refractivity contribution in [1.29, 1.82) is 0 Å². The molecule has 30 heavy (non-hydrogen) atoms. The summed E-state index contributed by atoms with van der Waals surface area (Å²) in [6.07, 6.45) is 4.81. The van der Waals surface area contributed by atoms with Crippen molar-refractivity contribution in [2.75, 3.05) is 6.61 Å². The summed E-state index contributed by atoms with van der Waals surface area (Å²) in [6, 6.07) is 13.5. The number of rotatable bonds is 7. The molecule has 0 fully saturated rings. The van der Waals surface area contributed by atoms with E-state index in [1.54, 1.807) is 12.1 Å². The van der Waals surface area contributed by atoms with Crippen LogP contribution >= 0.6 is 11.6 Å². The minimum Gasteiger partial charge on any atom is -0.396 e. The molecule has 158 valence electrons. The molecule has 1 atom stereocenters. The van der Waals surface area contributed by atoms with Gasteiger partial charge in [0.1, 0.15) is 0 Å². The number of ketones is 1. The Kier molecular flexibility index (Phi) is 6.79. The zero-order valence-electron chi connectivity index (χ0n) is 18.0.